The van der Waals surface area contributed by atoms with E-state index in [2.05, 4.69) is 15.3 Å². The molecule has 3 heterocycles. The van der Waals surface area contributed by atoms with Gasteiger partial charge in [0.15, 0.2) is 0 Å². The summed E-state index contributed by atoms with van der Waals surface area (Å²) in [5.41, 5.74) is 0.592. The van der Waals surface area contributed by atoms with Crippen molar-refractivity contribution < 1.29 is 13.9 Å². The molecule has 0 aromatic carbocycles. The molecule has 1 aliphatic heterocycles. The molecule has 0 aliphatic carbocycles. The lowest BCUT2D eigenvalue weighted by molar-refractivity contribution is -0.130. The van der Waals surface area contributed by atoms with Crippen molar-refractivity contribution in [3.05, 3.63) is 42.1 Å². The molecular formula is C16H22N4O3. The number of rotatable bonds is 5. The molecule has 0 bridgehead atoms. The van der Waals surface area contributed by atoms with Gasteiger partial charge in [0.25, 0.3) is 0 Å². The lowest BCUT2D eigenvalue weighted by Gasteiger charge is -2.39. The Hall–Kier alpha value is -2.12. The number of morpholine rings is 1. The van der Waals surface area contributed by atoms with E-state index >= 15 is 0 Å². The first-order valence-corrected chi connectivity index (χ1v) is 7.70. The van der Waals surface area contributed by atoms with Crippen LogP contribution in [0.1, 0.15) is 18.2 Å². The topological polar surface area (TPSA) is 72.5 Å². The number of carbonyl (C=O) groups is 1. The molecule has 1 amide bonds. The minimum absolute atomic E-state index is 0.0168. The third kappa shape index (κ3) is 3.80. The van der Waals surface area contributed by atoms with Crippen LogP contribution in [0.15, 0.2) is 35.2 Å². The Kier molecular flexibility index (Phi) is 4.49. The number of carbonyl (C=O) groups excluding carboxylic acids is 1. The second-order valence-corrected chi connectivity index (χ2v) is 6.05. The summed E-state index contributed by atoms with van der Waals surface area (Å²) in [7, 11) is 1.88. The third-order valence-corrected chi connectivity index (χ3v) is 4.08. The van der Waals surface area contributed by atoms with Crippen molar-refractivity contribution in [1.82, 2.24) is 20.0 Å². The first-order valence-electron chi connectivity index (χ1n) is 7.70. The molecule has 0 saturated carbocycles. The van der Waals surface area contributed by atoms with Crippen molar-refractivity contribution in [3.8, 4) is 0 Å². The molecule has 3 rings (SSSR count). The summed E-state index contributed by atoms with van der Waals surface area (Å²) in [4.78, 5) is 14.2. The molecule has 0 spiro atoms. The van der Waals surface area contributed by atoms with Crippen LogP contribution in [0.2, 0.25) is 0 Å². The SMILES string of the molecule is Cn1cc([C@@]2(C)CN(CC(=O)NCc3ccco3)CCO2)cn1. The molecule has 1 fully saturated rings. The van der Waals surface area contributed by atoms with Gasteiger partial charge in [-0.1, -0.05) is 0 Å². The summed E-state index contributed by atoms with van der Waals surface area (Å²) in [6.07, 6.45) is 5.38. The fourth-order valence-corrected chi connectivity index (χ4v) is 2.81. The Bertz CT molecular complexity index is 652. The second kappa shape index (κ2) is 6.55. The highest BCUT2D eigenvalue weighted by Gasteiger charge is 2.35. The van der Waals surface area contributed by atoms with Crippen molar-refractivity contribution >= 4 is 5.91 Å². The molecule has 0 radical (unpaired) electrons. The van der Waals surface area contributed by atoms with E-state index in [9.17, 15) is 4.79 Å². The van der Waals surface area contributed by atoms with Crippen LogP contribution in [0.5, 0.6) is 0 Å². The van der Waals surface area contributed by atoms with Gasteiger partial charge in [-0.2, -0.15) is 5.10 Å². The fraction of sp³-hybridized carbons (Fsp3) is 0.500. The molecular weight excluding hydrogens is 296 g/mol. The molecule has 1 aliphatic rings. The first kappa shape index (κ1) is 15.8. The largest absolute Gasteiger partial charge is 0.467 e. The Morgan fingerprint density at radius 1 is 1.52 bits per heavy atom. The average Bonchev–Trinajstić information content (AvgIpc) is 3.17. The van der Waals surface area contributed by atoms with Crippen LogP contribution in [0, 0.1) is 0 Å². The van der Waals surface area contributed by atoms with Crippen molar-refractivity contribution in [2.75, 3.05) is 26.2 Å². The van der Waals surface area contributed by atoms with Gasteiger partial charge in [0.1, 0.15) is 11.4 Å². The van der Waals surface area contributed by atoms with Crippen molar-refractivity contribution in [3.63, 3.8) is 0 Å². The minimum atomic E-state index is -0.437. The normalized spacial score (nSPS) is 22.2. The lowest BCUT2D eigenvalue weighted by Crippen LogP contribution is -2.50. The maximum absolute atomic E-state index is 12.1. The summed E-state index contributed by atoms with van der Waals surface area (Å²) in [6.45, 7) is 4.79. The standard InChI is InChI=1S/C16H22N4O3/c1-16(13-8-18-19(2)10-13)12-20(5-7-23-16)11-15(21)17-9-14-4-3-6-22-14/h3-4,6,8,10H,5,7,9,11-12H2,1-2H3,(H,17,21)/t16-/m1/s1. The maximum Gasteiger partial charge on any atom is 0.234 e. The summed E-state index contributed by atoms with van der Waals surface area (Å²) in [5, 5.41) is 7.08. The van der Waals surface area contributed by atoms with E-state index < -0.39 is 5.60 Å². The first-order chi connectivity index (χ1) is 11.0. The molecule has 1 N–H and O–H groups in total. The Labute approximate surface area is 135 Å². The van der Waals surface area contributed by atoms with Gasteiger partial charge in [0.05, 0.1) is 32.2 Å². The predicted molar refractivity (Wildman–Crippen MR) is 83.5 cm³/mol. The maximum atomic E-state index is 12.1. The van der Waals surface area contributed by atoms with Crippen LogP contribution >= 0.6 is 0 Å². The molecule has 1 atom stereocenters. The van der Waals surface area contributed by atoms with Gasteiger partial charge in [-0.3, -0.25) is 14.4 Å². The van der Waals surface area contributed by atoms with Gasteiger partial charge in [-0.25, -0.2) is 0 Å². The van der Waals surface area contributed by atoms with Crippen LogP contribution < -0.4 is 5.32 Å². The van der Waals surface area contributed by atoms with E-state index in [-0.39, 0.29) is 5.91 Å². The van der Waals surface area contributed by atoms with Gasteiger partial charge in [-0.15, -0.1) is 0 Å². The summed E-state index contributed by atoms with van der Waals surface area (Å²) in [6, 6.07) is 3.65. The van der Waals surface area contributed by atoms with Crippen molar-refractivity contribution in [2.24, 2.45) is 7.05 Å². The lowest BCUT2D eigenvalue weighted by atomic mass is 9.97. The van der Waals surface area contributed by atoms with Gasteiger partial charge < -0.3 is 14.5 Å². The molecule has 0 unspecified atom stereocenters. The molecule has 23 heavy (non-hydrogen) atoms. The smallest absolute Gasteiger partial charge is 0.234 e. The quantitative estimate of drug-likeness (QED) is 0.886. The van der Waals surface area contributed by atoms with Crippen LogP contribution in [0.4, 0.5) is 0 Å². The van der Waals surface area contributed by atoms with Crippen LogP contribution in [0.25, 0.3) is 0 Å². The Balaban J connectivity index is 1.55. The number of ether oxygens (including phenoxy) is 1. The predicted octanol–water partition coefficient (Wildman–Crippen LogP) is 0.877. The van der Waals surface area contributed by atoms with Gasteiger partial charge in [0, 0.05) is 31.9 Å². The number of nitrogens with zero attached hydrogens (tertiary/aromatic N) is 3. The van der Waals surface area contributed by atoms with Gasteiger partial charge in [-0.05, 0) is 19.1 Å². The number of hydrogen-bond acceptors (Lipinski definition) is 5. The zero-order valence-corrected chi connectivity index (χ0v) is 13.5. The van der Waals surface area contributed by atoms with Crippen molar-refractivity contribution in [1.29, 1.82) is 0 Å². The average molecular weight is 318 g/mol. The molecule has 7 heteroatoms. The Morgan fingerprint density at radius 3 is 3.09 bits per heavy atom. The van der Waals surface area contributed by atoms with E-state index in [0.29, 0.717) is 26.2 Å². The number of amides is 1. The van der Waals surface area contributed by atoms with E-state index in [1.165, 1.54) is 0 Å². The number of nitrogens with one attached hydrogen (secondary N) is 1. The van der Waals surface area contributed by atoms with E-state index in [0.717, 1.165) is 17.9 Å². The number of aryl methyl sites for hydroxylation is 1. The van der Waals surface area contributed by atoms with E-state index in [4.69, 9.17) is 9.15 Å². The van der Waals surface area contributed by atoms with E-state index in [1.807, 2.05) is 38.5 Å². The number of furan rings is 1. The van der Waals surface area contributed by atoms with E-state index in [1.54, 1.807) is 10.9 Å². The summed E-state index contributed by atoms with van der Waals surface area (Å²) in [5.74, 6) is 0.734. The highest BCUT2D eigenvalue weighted by molar-refractivity contribution is 5.77. The highest BCUT2D eigenvalue weighted by atomic mass is 16.5. The Morgan fingerprint density at radius 2 is 2.39 bits per heavy atom. The molecule has 2 aromatic rings. The number of hydrogen-bond donors (Lipinski definition) is 1. The van der Waals surface area contributed by atoms with Crippen LogP contribution in [-0.2, 0) is 28.7 Å². The molecule has 1 saturated heterocycles. The second-order valence-electron chi connectivity index (χ2n) is 6.05. The van der Waals surface area contributed by atoms with Gasteiger partial charge >= 0.3 is 0 Å². The fourth-order valence-electron chi connectivity index (χ4n) is 2.81. The molecule has 124 valence electrons. The zero-order valence-electron chi connectivity index (χ0n) is 13.5. The van der Waals surface area contributed by atoms with Gasteiger partial charge in [0.2, 0.25) is 5.91 Å². The summed E-state index contributed by atoms with van der Waals surface area (Å²) >= 11 is 0. The minimum Gasteiger partial charge on any atom is -0.467 e. The molecule has 7 nitrogen and oxygen atoms in total. The zero-order chi connectivity index (χ0) is 16.3. The van der Waals surface area contributed by atoms with Crippen molar-refractivity contribution in [2.45, 2.75) is 19.1 Å². The van der Waals surface area contributed by atoms with Crippen LogP contribution in [0.3, 0.4) is 0 Å². The monoisotopic (exact) mass is 318 g/mol. The molecule has 2 aromatic heterocycles. The third-order valence-electron chi connectivity index (χ3n) is 4.08. The highest BCUT2D eigenvalue weighted by Crippen LogP contribution is 2.28. The number of aromatic nitrogens is 2. The summed E-state index contributed by atoms with van der Waals surface area (Å²) < 4.78 is 12.9. The van der Waals surface area contributed by atoms with Crippen LogP contribution in [-0.4, -0.2) is 46.8 Å².